The lowest BCUT2D eigenvalue weighted by Crippen LogP contribution is -2.13. The van der Waals surface area contributed by atoms with Crippen LogP contribution < -0.4 is 16.8 Å². The van der Waals surface area contributed by atoms with Gasteiger partial charge in [-0.2, -0.15) is 0 Å². The number of hydrogen-bond acceptors (Lipinski definition) is 4. The molecule has 1 amide bonds. The molecule has 0 unspecified atom stereocenters. The van der Waals surface area contributed by atoms with Crippen molar-refractivity contribution >= 4 is 23.0 Å². The molecule has 1 aromatic heterocycles. The van der Waals surface area contributed by atoms with E-state index < -0.39 is 5.91 Å². The fourth-order valence-electron chi connectivity index (χ4n) is 1.45. The summed E-state index contributed by atoms with van der Waals surface area (Å²) < 4.78 is 0. The van der Waals surface area contributed by atoms with Gasteiger partial charge in [-0.25, -0.2) is 0 Å². The number of aromatic nitrogens is 1. The molecule has 86 valence electrons. The van der Waals surface area contributed by atoms with Gasteiger partial charge < -0.3 is 16.8 Å². The van der Waals surface area contributed by atoms with Crippen molar-refractivity contribution in [3.05, 3.63) is 48.3 Å². The maximum absolute atomic E-state index is 11.1. The third kappa shape index (κ3) is 2.52. The van der Waals surface area contributed by atoms with Crippen molar-refractivity contribution in [2.24, 2.45) is 5.73 Å². The second-order valence-electron chi connectivity index (χ2n) is 3.53. The number of pyridine rings is 1. The van der Waals surface area contributed by atoms with Crippen LogP contribution >= 0.6 is 0 Å². The summed E-state index contributed by atoms with van der Waals surface area (Å²) in [4.78, 5) is 15.1. The van der Waals surface area contributed by atoms with Crippen LogP contribution in [-0.4, -0.2) is 10.9 Å². The van der Waals surface area contributed by atoms with Crippen LogP contribution in [0.25, 0.3) is 0 Å². The zero-order valence-corrected chi connectivity index (χ0v) is 9.05. The molecule has 0 aliphatic rings. The van der Waals surface area contributed by atoms with Crippen molar-refractivity contribution in [2.45, 2.75) is 0 Å². The van der Waals surface area contributed by atoms with Crippen LogP contribution in [0.3, 0.4) is 0 Å². The van der Waals surface area contributed by atoms with Gasteiger partial charge in [0.05, 0.1) is 17.4 Å². The number of carbonyl (C=O) groups excluding carboxylic acids is 1. The molecule has 0 aliphatic heterocycles. The summed E-state index contributed by atoms with van der Waals surface area (Å²) in [5, 5.41) is 3.10. The fraction of sp³-hybridized carbons (Fsp3) is 0. The number of anilines is 3. The Labute approximate surface area is 98.5 Å². The van der Waals surface area contributed by atoms with E-state index in [4.69, 9.17) is 11.5 Å². The molecule has 5 heteroatoms. The molecule has 0 saturated heterocycles. The van der Waals surface area contributed by atoms with E-state index in [1.807, 2.05) is 12.1 Å². The van der Waals surface area contributed by atoms with Crippen molar-refractivity contribution in [3.63, 3.8) is 0 Å². The van der Waals surface area contributed by atoms with Crippen molar-refractivity contribution in [1.82, 2.24) is 4.98 Å². The molecule has 17 heavy (non-hydrogen) atoms. The van der Waals surface area contributed by atoms with E-state index in [-0.39, 0.29) is 0 Å². The summed E-state index contributed by atoms with van der Waals surface area (Å²) in [6.07, 6.45) is 3.36. The lowest BCUT2D eigenvalue weighted by molar-refractivity contribution is 0.100. The molecular weight excluding hydrogens is 216 g/mol. The van der Waals surface area contributed by atoms with Crippen LogP contribution in [0.1, 0.15) is 10.4 Å². The zero-order chi connectivity index (χ0) is 12.3. The first-order chi connectivity index (χ1) is 8.16. The molecule has 0 aliphatic carbocycles. The Morgan fingerprint density at radius 1 is 1.24 bits per heavy atom. The van der Waals surface area contributed by atoms with Crippen LogP contribution in [0.15, 0.2) is 42.7 Å². The minimum atomic E-state index is -0.544. The monoisotopic (exact) mass is 228 g/mol. The van der Waals surface area contributed by atoms with E-state index in [1.165, 1.54) is 0 Å². The van der Waals surface area contributed by atoms with Gasteiger partial charge in [0, 0.05) is 17.6 Å². The van der Waals surface area contributed by atoms with Crippen molar-refractivity contribution in [2.75, 3.05) is 11.1 Å². The Balaban J connectivity index is 2.29. The van der Waals surface area contributed by atoms with Crippen molar-refractivity contribution in [3.8, 4) is 0 Å². The Hall–Kier alpha value is -2.56. The quantitative estimate of drug-likeness (QED) is 0.694. The number of nitrogens with two attached hydrogens (primary N) is 2. The average molecular weight is 228 g/mol. The van der Waals surface area contributed by atoms with Gasteiger partial charge in [-0.05, 0) is 30.3 Å². The Morgan fingerprint density at radius 3 is 2.71 bits per heavy atom. The third-order valence-electron chi connectivity index (χ3n) is 2.27. The maximum Gasteiger partial charge on any atom is 0.250 e. The van der Waals surface area contributed by atoms with Gasteiger partial charge in [-0.3, -0.25) is 9.78 Å². The summed E-state index contributed by atoms with van der Waals surface area (Å²) in [5.41, 5.74) is 13.1. The number of hydrogen-bond donors (Lipinski definition) is 3. The molecule has 2 aromatic rings. The molecule has 5 N–H and O–H groups in total. The highest BCUT2D eigenvalue weighted by molar-refractivity contribution is 5.99. The third-order valence-corrected chi connectivity index (χ3v) is 2.27. The summed E-state index contributed by atoms with van der Waals surface area (Å²) in [6, 6.07) is 8.71. The van der Waals surface area contributed by atoms with E-state index >= 15 is 0 Å². The second kappa shape index (κ2) is 4.52. The molecule has 2 rings (SSSR count). The highest BCUT2D eigenvalue weighted by Gasteiger charge is 2.06. The predicted octanol–water partition coefficient (Wildman–Crippen LogP) is 1.51. The Morgan fingerprint density at radius 2 is 2.06 bits per heavy atom. The highest BCUT2D eigenvalue weighted by atomic mass is 16.1. The van der Waals surface area contributed by atoms with Crippen molar-refractivity contribution in [1.29, 1.82) is 0 Å². The van der Waals surface area contributed by atoms with E-state index in [1.54, 1.807) is 30.6 Å². The van der Waals surface area contributed by atoms with Crippen LogP contribution in [0.5, 0.6) is 0 Å². The molecule has 0 atom stereocenters. The fourth-order valence-corrected chi connectivity index (χ4v) is 1.45. The molecule has 0 radical (unpaired) electrons. The van der Waals surface area contributed by atoms with Gasteiger partial charge in [-0.1, -0.05) is 0 Å². The number of nitrogen functional groups attached to an aromatic ring is 1. The van der Waals surface area contributed by atoms with Gasteiger partial charge in [0.2, 0.25) is 0 Å². The Kier molecular flexibility index (Phi) is 2.91. The minimum absolute atomic E-state index is 0.305. The molecule has 0 bridgehead atoms. The summed E-state index contributed by atoms with van der Waals surface area (Å²) in [7, 11) is 0. The lowest BCUT2D eigenvalue weighted by Gasteiger charge is -2.08. The first-order valence-corrected chi connectivity index (χ1v) is 5.03. The molecule has 1 aromatic carbocycles. The summed E-state index contributed by atoms with van der Waals surface area (Å²) in [5.74, 6) is -0.544. The standard InChI is InChI=1S/C12H12N4O/c13-11-4-3-8(6-10(11)12(14)17)16-9-2-1-5-15-7-9/h1-7,16H,13H2,(H2,14,17). The first-order valence-electron chi connectivity index (χ1n) is 5.03. The molecule has 1 heterocycles. The van der Waals surface area contributed by atoms with Crippen LogP contribution in [-0.2, 0) is 0 Å². The SMILES string of the molecule is NC(=O)c1cc(Nc2cccnc2)ccc1N. The van der Waals surface area contributed by atoms with Gasteiger partial charge in [0.1, 0.15) is 0 Å². The van der Waals surface area contributed by atoms with Crippen LogP contribution in [0.2, 0.25) is 0 Å². The van der Waals surface area contributed by atoms with Gasteiger partial charge in [-0.15, -0.1) is 0 Å². The number of amides is 1. The number of rotatable bonds is 3. The van der Waals surface area contributed by atoms with E-state index in [2.05, 4.69) is 10.3 Å². The topological polar surface area (TPSA) is 94.0 Å². The number of benzene rings is 1. The predicted molar refractivity (Wildman–Crippen MR) is 66.9 cm³/mol. The molecule has 5 nitrogen and oxygen atoms in total. The first kappa shape index (κ1) is 10.9. The lowest BCUT2D eigenvalue weighted by atomic mass is 10.1. The zero-order valence-electron chi connectivity index (χ0n) is 9.05. The van der Waals surface area contributed by atoms with Gasteiger partial charge >= 0.3 is 0 Å². The average Bonchev–Trinajstić information content (AvgIpc) is 2.32. The normalized spacial score (nSPS) is 9.88. The second-order valence-corrected chi connectivity index (χ2v) is 3.53. The Bertz CT molecular complexity index is 539. The van der Waals surface area contributed by atoms with Crippen molar-refractivity contribution < 1.29 is 4.79 Å². The maximum atomic E-state index is 11.1. The number of primary amides is 1. The van der Waals surface area contributed by atoms with Gasteiger partial charge in [0.25, 0.3) is 5.91 Å². The van der Waals surface area contributed by atoms with E-state index in [0.717, 1.165) is 11.4 Å². The van der Waals surface area contributed by atoms with Crippen LogP contribution in [0.4, 0.5) is 17.1 Å². The molecule has 0 spiro atoms. The van der Waals surface area contributed by atoms with E-state index in [0.29, 0.717) is 11.3 Å². The number of nitrogens with zero attached hydrogens (tertiary/aromatic N) is 1. The molecular formula is C12H12N4O. The summed E-state index contributed by atoms with van der Waals surface area (Å²) >= 11 is 0. The minimum Gasteiger partial charge on any atom is -0.398 e. The summed E-state index contributed by atoms with van der Waals surface area (Å²) in [6.45, 7) is 0. The molecule has 0 fully saturated rings. The smallest absolute Gasteiger partial charge is 0.250 e. The van der Waals surface area contributed by atoms with E-state index in [9.17, 15) is 4.79 Å². The van der Waals surface area contributed by atoms with Crippen LogP contribution in [0, 0.1) is 0 Å². The van der Waals surface area contributed by atoms with Gasteiger partial charge in [0.15, 0.2) is 0 Å². The number of carbonyl (C=O) groups is 1. The molecule has 0 saturated carbocycles. The largest absolute Gasteiger partial charge is 0.398 e. The number of nitrogens with one attached hydrogen (secondary N) is 1. The highest BCUT2D eigenvalue weighted by Crippen LogP contribution is 2.20.